The molecule has 0 saturated heterocycles. The lowest BCUT2D eigenvalue weighted by Crippen LogP contribution is -2.36. The molecule has 1 aromatic heterocycles. The monoisotopic (exact) mass is 512 g/mol. The molecule has 38 heavy (non-hydrogen) atoms. The largest absolute Gasteiger partial charge is 0.492 e. The molecule has 1 heterocycles. The van der Waals surface area contributed by atoms with Gasteiger partial charge in [0.1, 0.15) is 42.9 Å². The van der Waals surface area contributed by atoms with Crippen LogP contribution in [-0.2, 0) is 11.4 Å². The maximum absolute atomic E-state index is 12.0. The first-order chi connectivity index (χ1) is 18.4. The van der Waals surface area contributed by atoms with Crippen LogP contribution in [0.4, 0.5) is 11.5 Å². The standard InChI is InChI=1S/C30H32N4O4/c1-22(30(35)36)34(25-10-7-11-27(18-25)37-17-16-33(2)3)29-19-28(31-21-32-29)24-12-14-26(15-13-24)38-20-23-8-5-4-6-9-23/h4-15,18-19,21-22H,16-17,20H2,1-3H3,(H,35,36). The molecule has 4 rings (SSSR count). The van der Waals surface area contributed by atoms with Gasteiger partial charge in [0.05, 0.1) is 5.69 Å². The summed E-state index contributed by atoms with van der Waals surface area (Å²) in [4.78, 5) is 24.6. The zero-order valence-electron chi connectivity index (χ0n) is 21.8. The normalized spacial score (nSPS) is 11.7. The molecule has 1 unspecified atom stereocenters. The maximum Gasteiger partial charge on any atom is 0.326 e. The average molecular weight is 513 g/mol. The van der Waals surface area contributed by atoms with Gasteiger partial charge in [-0.05, 0) is 63.0 Å². The third-order valence-electron chi connectivity index (χ3n) is 5.95. The lowest BCUT2D eigenvalue weighted by Gasteiger charge is -2.28. The molecule has 0 aliphatic carbocycles. The van der Waals surface area contributed by atoms with E-state index in [-0.39, 0.29) is 0 Å². The van der Waals surface area contributed by atoms with E-state index in [4.69, 9.17) is 9.47 Å². The number of anilines is 2. The van der Waals surface area contributed by atoms with Crippen LogP contribution in [0.2, 0.25) is 0 Å². The number of nitrogens with zero attached hydrogens (tertiary/aromatic N) is 4. The fraction of sp³-hybridized carbons (Fsp3) is 0.233. The Labute approximate surface area is 223 Å². The SMILES string of the molecule is CC(C(=O)O)N(c1cccc(OCCN(C)C)c1)c1cc(-c2ccc(OCc3ccccc3)cc2)ncn1. The van der Waals surface area contributed by atoms with Gasteiger partial charge in [0, 0.05) is 29.9 Å². The van der Waals surface area contributed by atoms with E-state index in [1.807, 2.05) is 97.9 Å². The molecule has 0 bridgehead atoms. The van der Waals surface area contributed by atoms with Crippen molar-refractivity contribution < 1.29 is 19.4 Å². The third-order valence-corrected chi connectivity index (χ3v) is 5.95. The number of likely N-dealkylation sites (N-methyl/N-ethyl adjacent to an activating group) is 1. The van der Waals surface area contributed by atoms with E-state index >= 15 is 0 Å². The number of rotatable bonds is 12. The highest BCUT2D eigenvalue weighted by Crippen LogP contribution is 2.31. The molecule has 0 fully saturated rings. The summed E-state index contributed by atoms with van der Waals surface area (Å²) in [5.74, 6) is 0.912. The van der Waals surface area contributed by atoms with Gasteiger partial charge in [0.2, 0.25) is 0 Å². The Hall–Kier alpha value is -4.43. The van der Waals surface area contributed by atoms with E-state index in [0.717, 1.165) is 23.4 Å². The van der Waals surface area contributed by atoms with Crippen molar-refractivity contribution in [1.82, 2.24) is 14.9 Å². The highest BCUT2D eigenvalue weighted by atomic mass is 16.5. The number of carboxylic acid groups (broad SMARTS) is 1. The number of aromatic nitrogens is 2. The fourth-order valence-electron chi connectivity index (χ4n) is 3.83. The highest BCUT2D eigenvalue weighted by Gasteiger charge is 2.25. The van der Waals surface area contributed by atoms with Crippen LogP contribution in [0.15, 0.2) is 91.3 Å². The van der Waals surface area contributed by atoms with Gasteiger partial charge in [-0.25, -0.2) is 14.8 Å². The minimum Gasteiger partial charge on any atom is -0.492 e. The molecule has 0 spiro atoms. The second-order valence-corrected chi connectivity index (χ2v) is 9.09. The summed E-state index contributed by atoms with van der Waals surface area (Å²) >= 11 is 0. The Kier molecular flexibility index (Phi) is 8.89. The second kappa shape index (κ2) is 12.7. The first-order valence-electron chi connectivity index (χ1n) is 12.4. The van der Waals surface area contributed by atoms with Gasteiger partial charge < -0.3 is 24.4 Å². The molecule has 0 saturated carbocycles. The Morgan fingerprint density at radius 1 is 0.895 bits per heavy atom. The number of carbonyl (C=O) groups is 1. The van der Waals surface area contributed by atoms with Crippen LogP contribution in [0, 0.1) is 0 Å². The van der Waals surface area contributed by atoms with E-state index in [2.05, 4.69) is 9.97 Å². The minimum atomic E-state index is -0.969. The van der Waals surface area contributed by atoms with Gasteiger partial charge >= 0.3 is 5.97 Å². The van der Waals surface area contributed by atoms with Crippen molar-refractivity contribution in [1.29, 1.82) is 0 Å². The molecular formula is C30H32N4O4. The van der Waals surface area contributed by atoms with Crippen molar-refractivity contribution in [3.63, 3.8) is 0 Å². The molecular weight excluding hydrogens is 480 g/mol. The van der Waals surface area contributed by atoms with Crippen LogP contribution >= 0.6 is 0 Å². The molecule has 3 aromatic carbocycles. The molecule has 8 nitrogen and oxygen atoms in total. The minimum absolute atomic E-state index is 0.472. The van der Waals surface area contributed by atoms with Crippen molar-refractivity contribution >= 4 is 17.5 Å². The summed E-state index contributed by atoms with van der Waals surface area (Å²) in [5.41, 5.74) is 3.29. The Bertz CT molecular complexity index is 1330. The molecule has 0 radical (unpaired) electrons. The van der Waals surface area contributed by atoms with Gasteiger partial charge in [-0.15, -0.1) is 0 Å². The van der Waals surface area contributed by atoms with Crippen LogP contribution in [0.25, 0.3) is 11.3 Å². The van der Waals surface area contributed by atoms with Crippen LogP contribution in [0.1, 0.15) is 12.5 Å². The molecule has 0 amide bonds. The summed E-state index contributed by atoms with van der Waals surface area (Å²) in [7, 11) is 3.96. The highest BCUT2D eigenvalue weighted by molar-refractivity contribution is 5.82. The number of hydrogen-bond donors (Lipinski definition) is 1. The summed E-state index contributed by atoms with van der Waals surface area (Å²) < 4.78 is 11.8. The topological polar surface area (TPSA) is 88.0 Å². The second-order valence-electron chi connectivity index (χ2n) is 9.09. The number of hydrogen-bond acceptors (Lipinski definition) is 7. The van der Waals surface area contributed by atoms with Crippen molar-refractivity contribution in [2.45, 2.75) is 19.6 Å². The molecule has 0 aliphatic rings. The summed E-state index contributed by atoms with van der Waals surface area (Å²) in [5, 5.41) is 9.86. The Balaban J connectivity index is 1.56. The van der Waals surface area contributed by atoms with Gasteiger partial charge in [0.15, 0.2) is 0 Å². The van der Waals surface area contributed by atoms with Crippen LogP contribution in [-0.4, -0.2) is 59.2 Å². The van der Waals surface area contributed by atoms with Gasteiger partial charge in [0.25, 0.3) is 0 Å². The quantitative estimate of drug-likeness (QED) is 0.275. The van der Waals surface area contributed by atoms with E-state index in [1.165, 1.54) is 6.33 Å². The van der Waals surface area contributed by atoms with E-state index in [1.54, 1.807) is 17.9 Å². The van der Waals surface area contributed by atoms with Crippen LogP contribution in [0.5, 0.6) is 11.5 Å². The predicted molar refractivity (Wildman–Crippen MR) is 148 cm³/mol. The van der Waals surface area contributed by atoms with E-state index < -0.39 is 12.0 Å². The fourth-order valence-corrected chi connectivity index (χ4v) is 3.83. The molecule has 196 valence electrons. The lowest BCUT2D eigenvalue weighted by atomic mass is 10.1. The van der Waals surface area contributed by atoms with Crippen molar-refractivity contribution in [2.75, 3.05) is 32.1 Å². The summed E-state index contributed by atoms with van der Waals surface area (Å²) in [6, 6.07) is 25.9. The summed E-state index contributed by atoms with van der Waals surface area (Å²) in [6.45, 7) is 3.40. The van der Waals surface area contributed by atoms with E-state index in [0.29, 0.717) is 36.2 Å². The van der Waals surface area contributed by atoms with Gasteiger partial charge in [-0.3, -0.25) is 0 Å². The molecule has 1 atom stereocenters. The van der Waals surface area contributed by atoms with Crippen molar-refractivity contribution in [2.24, 2.45) is 0 Å². The Morgan fingerprint density at radius 3 is 2.37 bits per heavy atom. The van der Waals surface area contributed by atoms with Crippen molar-refractivity contribution in [3.05, 3.63) is 96.8 Å². The lowest BCUT2D eigenvalue weighted by molar-refractivity contribution is -0.138. The average Bonchev–Trinajstić information content (AvgIpc) is 2.93. The van der Waals surface area contributed by atoms with Gasteiger partial charge in [-0.2, -0.15) is 0 Å². The van der Waals surface area contributed by atoms with Gasteiger partial charge in [-0.1, -0.05) is 36.4 Å². The van der Waals surface area contributed by atoms with Crippen LogP contribution in [0.3, 0.4) is 0 Å². The maximum atomic E-state index is 12.0. The number of benzene rings is 3. The third kappa shape index (κ3) is 7.08. The summed E-state index contributed by atoms with van der Waals surface area (Å²) in [6.07, 6.45) is 1.45. The molecule has 4 aromatic rings. The van der Waals surface area contributed by atoms with Crippen LogP contribution < -0.4 is 14.4 Å². The molecule has 0 aliphatic heterocycles. The number of carboxylic acids is 1. The predicted octanol–water partition coefficient (Wildman–Crippen LogP) is 5.27. The number of ether oxygens (including phenoxy) is 2. The Morgan fingerprint density at radius 2 is 1.66 bits per heavy atom. The number of aliphatic carboxylic acids is 1. The van der Waals surface area contributed by atoms with E-state index in [9.17, 15) is 9.90 Å². The first kappa shape index (κ1) is 26.6. The molecule has 8 heteroatoms. The zero-order valence-corrected chi connectivity index (χ0v) is 21.8. The first-order valence-corrected chi connectivity index (χ1v) is 12.4. The smallest absolute Gasteiger partial charge is 0.326 e. The zero-order chi connectivity index (χ0) is 26.9. The molecule has 1 N–H and O–H groups in total. The van der Waals surface area contributed by atoms with Crippen molar-refractivity contribution in [3.8, 4) is 22.8 Å².